The molecule has 0 spiro atoms. The van der Waals surface area contributed by atoms with Gasteiger partial charge >= 0.3 is 11.9 Å². The van der Waals surface area contributed by atoms with Crippen LogP contribution in [0.15, 0.2) is 72.8 Å². The van der Waals surface area contributed by atoms with Crippen molar-refractivity contribution in [1.29, 1.82) is 0 Å². The first-order valence-corrected chi connectivity index (χ1v) is 12.3. The second kappa shape index (κ2) is 8.44. The van der Waals surface area contributed by atoms with Crippen LogP contribution < -0.4 is 0 Å². The van der Waals surface area contributed by atoms with Crippen LogP contribution in [0.4, 0.5) is 0 Å². The van der Waals surface area contributed by atoms with Crippen LogP contribution in [0.2, 0.25) is 10.0 Å². The Kier molecular flexibility index (Phi) is 5.39. The molecule has 0 aliphatic heterocycles. The van der Waals surface area contributed by atoms with Crippen molar-refractivity contribution in [3.63, 3.8) is 0 Å². The minimum Gasteiger partial charge on any atom is -0.455 e. The highest BCUT2D eigenvalue weighted by molar-refractivity contribution is 6.31. The monoisotopic (exact) mass is 492 g/mol. The number of halogens is 2. The fourth-order valence-corrected chi connectivity index (χ4v) is 6.77. The van der Waals surface area contributed by atoms with Crippen molar-refractivity contribution < 1.29 is 19.1 Å². The Balaban J connectivity index is 1.32. The first kappa shape index (κ1) is 21.7. The van der Waals surface area contributed by atoms with E-state index in [9.17, 15) is 9.59 Å². The number of hydrogen-bond donors (Lipinski definition) is 0. The molecule has 3 aromatic carbocycles. The van der Waals surface area contributed by atoms with Gasteiger partial charge in [0.25, 0.3) is 0 Å². The van der Waals surface area contributed by atoms with E-state index in [1.165, 1.54) is 11.1 Å². The van der Waals surface area contributed by atoms with E-state index in [-0.39, 0.29) is 11.8 Å². The summed E-state index contributed by atoms with van der Waals surface area (Å²) in [5.41, 5.74) is 3.46. The predicted octanol–water partition coefficient (Wildman–Crippen LogP) is 6.35. The third-order valence-corrected chi connectivity index (χ3v) is 8.13. The zero-order valence-corrected chi connectivity index (χ0v) is 19.7. The standard InChI is InChI=1S/C28H22Cl2O4/c29-18-8-3-6-16(11-18)27(31)33-25-22-14-23(24-20-10-2-1-5-15(20)13-21(22)24)26(25)34-28(32)17-7-4-9-19(30)12-17/h1-12,21-26H,13-14H2/t21?,22?,23?,24?,25-,26+/m1/s1. The van der Waals surface area contributed by atoms with E-state index in [1.54, 1.807) is 48.5 Å². The summed E-state index contributed by atoms with van der Waals surface area (Å²) in [6.45, 7) is 0. The van der Waals surface area contributed by atoms with Crippen molar-refractivity contribution in [2.75, 3.05) is 0 Å². The van der Waals surface area contributed by atoms with E-state index in [0.29, 0.717) is 33.0 Å². The molecule has 0 heterocycles. The molecule has 0 N–H and O–H groups in total. The lowest BCUT2D eigenvalue weighted by Gasteiger charge is -2.37. The number of rotatable bonds is 4. The quantitative estimate of drug-likeness (QED) is 0.398. The Labute approximate surface area is 207 Å². The summed E-state index contributed by atoms with van der Waals surface area (Å²) < 4.78 is 12.1. The minimum absolute atomic E-state index is 0.0962. The van der Waals surface area contributed by atoms with E-state index < -0.39 is 24.1 Å². The van der Waals surface area contributed by atoms with Crippen LogP contribution in [0.5, 0.6) is 0 Å². The van der Waals surface area contributed by atoms with Crippen LogP contribution in [-0.4, -0.2) is 24.1 Å². The van der Waals surface area contributed by atoms with Gasteiger partial charge in [0.05, 0.1) is 11.1 Å². The van der Waals surface area contributed by atoms with Crippen molar-refractivity contribution in [1.82, 2.24) is 0 Å². The molecule has 172 valence electrons. The molecule has 2 saturated carbocycles. The van der Waals surface area contributed by atoms with Crippen molar-refractivity contribution in [2.45, 2.75) is 31.0 Å². The van der Waals surface area contributed by atoms with Gasteiger partial charge in [-0.15, -0.1) is 0 Å². The number of carbonyl (C=O) groups excluding carboxylic acids is 2. The third-order valence-electron chi connectivity index (χ3n) is 7.66. The average Bonchev–Trinajstić information content (AvgIpc) is 3.48. The molecule has 2 fully saturated rings. The second-order valence-electron chi connectivity index (χ2n) is 9.42. The Hall–Kier alpha value is -2.82. The van der Waals surface area contributed by atoms with Crippen LogP contribution in [0.1, 0.15) is 44.2 Å². The summed E-state index contributed by atoms with van der Waals surface area (Å²) in [6, 6.07) is 21.9. The van der Waals surface area contributed by atoms with Crippen LogP contribution in [0.25, 0.3) is 0 Å². The van der Waals surface area contributed by atoms with Gasteiger partial charge in [-0.2, -0.15) is 0 Å². The van der Waals surface area contributed by atoms with Crippen molar-refractivity contribution in [3.8, 4) is 0 Å². The molecule has 3 aliphatic rings. The van der Waals surface area contributed by atoms with E-state index in [4.69, 9.17) is 32.7 Å². The highest BCUT2D eigenvalue weighted by Gasteiger charge is 2.63. The van der Waals surface area contributed by atoms with Crippen molar-refractivity contribution in [2.24, 2.45) is 17.8 Å². The zero-order valence-electron chi connectivity index (χ0n) is 18.2. The fraction of sp³-hybridized carbons (Fsp3) is 0.286. The number of fused-ring (bicyclic) bond motifs is 7. The van der Waals surface area contributed by atoms with E-state index >= 15 is 0 Å². The van der Waals surface area contributed by atoms with Crippen LogP contribution >= 0.6 is 23.2 Å². The van der Waals surface area contributed by atoms with E-state index in [1.807, 2.05) is 0 Å². The van der Waals surface area contributed by atoms with Gasteiger partial charge in [0.2, 0.25) is 0 Å². The van der Waals surface area contributed by atoms with Crippen molar-refractivity contribution >= 4 is 35.1 Å². The highest BCUT2D eigenvalue weighted by atomic mass is 35.5. The zero-order chi connectivity index (χ0) is 23.4. The van der Waals surface area contributed by atoms with Gasteiger partial charge in [-0.1, -0.05) is 59.6 Å². The van der Waals surface area contributed by atoms with Gasteiger partial charge in [-0.25, -0.2) is 9.59 Å². The summed E-state index contributed by atoms with van der Waals surface area (Å²) in [5.74, 6) is 0.00408. The summed E-state index contributed by atoms with van der Waals surface area (Å²) in [7, 11) is 0. The average molecular weight is 493 g/mol. The molecule has 0 radical (unpaired) electrons. The van der Waals surface area contributed by atoms with Gasteiger partial charge in [-0.05, 0) is 72.2 Å². The Bertz CT molecular complexity index is 1290. The lowest BCUT2D eigenvalue weighted by atomic mass is 9.76. The predicted molar refractivity (Wildman–Crippen MR) is 129 cm³/mol. The lowest BCUT2D eigenvalue weighted by molar-refractivity contribution is -0.0698. The lowest BCUT2D eigenvalue weighted by Crippen LogP contribution is -2.45. The summed E-state index contributed by atoms with van der Waals surface area (Å²) in [6.07, 6.45) is 0.800. The Morgan fingerprint density at radius 3 is 1.91 bits per heavy atom. The smallest absolute Gasteiger partial charge is 0.338 e. The number of carbonyl (C=O) groups is 2. The summed E-state index contributed by atoms with van der Waals surface area (Å²) in [4.78, 5) is 26.1. The molecule has 3 aromatic rings. The Morgan fingerprint density at radius 2 is 1.29 bits per heavy atom. The fourth-order valence-electron chi connectivity index (χ4n) is 6.38. The largest absolute Gasteiger partial charge is 0.455 e. The number of hydrogen-bond acceptors (Lipinski definition) is 4. The highest BCUT2D eigenvalue weighted by Crippen LogP contribution is 2.62. The molecule has 0 saturated heterocycles. The van der Waals surface area contributed by atoms with Crippen LogP contribution in [-0.2, 0) is 15.9 Å². The molecule has 4 unspecified atom stereocenters. The van der Waals surface area contributed by atoms with Crippen molar-refractivity contribution in [3.05, 3.63) is 105 Å². The number of ether oxygens (including phenoxy) is 2. The summed E-state index contributed by atoms with van der Waals surface area (Å²) >= 11 is 12.2. The van der Waals surface area contributed by atoms with Gasteiger partial charge in [-0.3, -0.25) is 0 Å². The normalized spacial score (nSPS) is 28.3. The van der Waals surface area contributed by atoms with E-state index in [2.05, 4.69) is 24.3 Å². The number of esters is 2. The Morgan fingerprint density at radius 1 is 0.706 bits per heavy atom. The maximum absolute atomic E-state index is 13.1. The first-order valence-electron chi connectivity index (χ1n) is 11.5. The van der Waals surface area contributed by atoms with Gasteiger partial charge in [0.1, 0.15) is 12.2 Å². The van der Waals surface area contributed by atoms with E-state index in [0.717, 1.165) is 12.8 Å². The second-order valence-corrected chi connectivity index (χ2v) is 10.3. The van der Waals surface area contributed by atoms with Crippen LogP contribution in [0, 0.1) is 17.8 Å². The third kappa shape index (κ3) is 3.60. The van der Waals surface area contributed by atoms with Crippen LogP contribution in [0.3, 0.4) is 0 Å². The van der Waals surface area contributed by atoms with Gasteiger partial charge < -0.3 is 9.47 Å². The molecule has 6 rings (SSSR count). The summed E-state index contributed by atoms with van der Waals surface area (Å²) in [5, 5.41) is 0.939. The molecule has 0 aromatic heterocycles. The molecule has 6 heteroatoms. The molecule has 6 atom stereocenters. The maximum atomic E-state index is 13.1. The molecule has 34 heavy (non-hydrogen) atoms. The minimum atomic E-state index is -0.521. The van der Waals surface area contributed by atoms with Gasteiger partial charge in [0.15, 0.2) is 0 Å². The maximum Gasteiger partial charge on any atom is 0.338 e. The number of benzene rings is 3. The van der Waals surface area contributed by atoms with Gasteiger partial charge in [0, 0.05) is 21.9 Å². The SMILES string of the molecule is O=C(O[C@@H]1C2CC(C3c4ccccc4CC32)[C@@H]1OC(=O)c1cccc(Cl)c1)c1cccc(Cl)c1. The molecule has 3 aliphatic carbocycles. The molecule has 0 amide bonds. The molecule has 4 nitrogen and oxygen atoms in total. The topological polar surface area (TPSA) is 52.6 Å². The first-order chi connectivity index (χ1) is 16.5. The molecular weight excluding hydrogens is 471 g/mol. The molecular formula is C28H22Cl2O4. The molecule has 2 bridgehead atoms.